The molecule has 1 heterocycles. The number of nitrogens with zero attached hydrogens (tertiary/aromatic N) is 2. The lowest BCUT2D eigenvalue weighted by molar-refractivity contribution is -0.122. The number of amides is 1. The molecule has 1 atom stereocenters. The quantitative estimate of drug-likeness (QED) is 0.775. The van der Waals surface area contributed by atoms with E-state index in [1.165, 1.54) is 0 Å². The lowest BCUT2D eigenvalue weighted by Gasteiger charge is -2.14. The molecule has 1 aromatic heterocycles. The molecular formula is C17H14N4O2. The minimum Gasteiger partial charge on any atom is -0.480 e. The van der Waals surface area contributed by atoms with Gasteiger partial charge in [-0.3, -0.25) is 10.1 Å². The van der Waals surface area contributed by atoms with Crippen LogP contribution in [0.3, 0.4) is 0 Å². The standard InChI is InChI=1S/C17H14N4O2/c1-11(23-15-9-5-2-6-12(15)10-18)16(22)21-17-19-13-7-3-4-8-14(13)20-17/h2-9,11H,1H3,(H2,19,20,21,22). The highest BCUT2D eigenvalue weighted by atomic mass is 16.5. The molecule has 23 heavy (non-hydrogen) atoms. The summed E-state index contributed by atoms with van der Waals surface area (Å²) in [7, 11) is 0. The number of hydrogen-bond donors (Lipinski definition) is 2. The molecule has 1 unspecified atom stereocenters. The fourth-order valence-corrected chi connectivity index (χ4v) is 2.14. The Bertz CT molecular complexity index is 862. The second-order valence-electron chi connectivity index (χ2n) is 4.96. The summed E-state index contributed by atoms with van der Waals surface area (Å²) in [4.78, 5) is 19.5. The lowest BCUT2D eigenvalue weighted by Crippen LogP contribution is -2.30. The number of nitriles is 1. The Morgan fingerprint density at radius 3 is 2.78 bits per heavy atom. The van der Waals surface area contributed by atoms with Crippen LogP contribution in [-0.4, -0.2) is 22.0 Å². The number of anilines is 1. The van der Waals surface area contributed by atoms with E-state index in [0.717, 1.165) is 11.0 Å². The minimum atomic E-state index is -0.766. The SMILES string of the molecule is CC(Oc1ccccc1C#N)C(=O)Nc1nc2ccccc2[nH]1. The van der Waals surface area contributed by atoms with Gasteiger partial charge in [0, 0.05) is 0 Å². The highest BCUT2D eigenvalue weighted by Gasteiger charge is 2.17. The van der Waals surface area contributed by atoms with Crippen molar-refractivity contribution in [3.8, 4) is 11.8 Å². The molecule has 0 aliphatic carbocycles. The van der Waals surface area contributed by atoms with Gasteiger partial charge < -0.3 is 9.72 Å². The van der Waals surface area contributed by atoms with Crippen LogP contribution < -0.4 is 10.1 Å². The molecule has 0 saturated carbocycles. The smallest absolute Gasteiger partial charge is 0.267 e. The first-order valence-electron chi connectivity index (χ1n) is 7.09. The van der Waals surface area contributed by atoms with E-state index in [1.807, 2.05) is 30.3 Å². The molecule has 0 saturated heterocycles. The Labute approximate surface area is 132 Å². The number of aromatic amines is 1. The maximum absolute atomic E-state index is 12.2. The van der Waals surface area contributed by atoms with E-state index in [2.05, 4.69) is 15.3 Å². The summed E-state index contributed by atoms with van der Waals surface area (Å²) in [6.07, 6.45) is -0.766. The third kappa shape index (κ3) is 3.14. The molecule has 3 aromatic rings. The Morgan fingerprint density at radius 1 is 1.26 bits per heavy atom. The van der Waals surface area contributed by atoms with Crippen molar-refractivity contribution < 1.29 is 9.53 Å². The van der Waals surface area contributed by atoms with E-state index in [-0.39, 0.29) is 5.91 Å². The number of H-pyrrole nitrogens is 1. The van der Waals surface area contributed by atoms with Gasteiger partial charge in [-0.15, -0.1) is 0 Å². The molecule has 6 nitrogen and oxygen atoms in total. The van der Waals surface area contributed by atoms with Crippen LogP contribution in [0.4, 0.5) is 5.95 Å². The number of rotatable bonds is 4. The number of carbonyl (C=O) groups is 1. The predicted octanol–water partition coefficient (Wildman–Crippen LogP) is 2.84. The van der Waals surface area contributed by atoms with E-state index >= 15 is 0 Å². The van der Waals surface area contributed by atoms with Gasteiger partial charge >= 0.3 is 0 Å². The van der Waals surface area contributed by atoms with Gasteiger partial charge in [-0.1, -0.05) is 24.3 Å². The van der Waals surface area contributed by atoms with Gasteiger partial charge in [-0.05, 0) is 31.2 Å². The van der Waals surface area contributed by atoms with Gasteiger partial charge in [0.05, 0.1) is 16.6 Å². The number of hydrogen-bond acceptors (Lipinski definition) is 4. The highest BCUT2D eigenvalue weighted by molar-refractivity contribution is 5.94. The molecule has 6 heteroatoms. The molecule has 2 aromatic carbocycles. The second kappa shape index (κ2) is 6.20. The van der Waals surface area contributed by atoms with E-state index < -0.39 is 6.10 Å². The molecule has 114 valence electrons. The third-order valence-corrected chi connectivity index (χ3v) is 3.31. The molecule has 0 aliphatic rings. The van der Waals surface area contributed by atoms with Crippen LogP contribution in [0.25, 0.3) is 11.0 Å². The monoisotopic (exact) mass is 306 g/mol. The van der Waals surface area contributed by atoms with Crippen LogP contribution in [0.5, 0.6) is 5.75 Å². The fourth-order valence-electron chi connectivity index (χ4n) is 2.14. The number of para-hydroxylation sites is 3. The lowest BCUT2D eigenvalue weighted by atomic mass is 10.2. The first kappa shape index (κ1) is 14.6. The number of ether oxygens (including phenoxy) is 1. The maximum Gasteiger partial charge on any atom is 0.267 e. The molecular weight excluding hydrogens is 292 g/mol. The van der Waals surface area contributed by atoms with E-state index in [4.69, 9.17) is 10.00 Å². The van der Waals surface area contributed by atoms with Crippen LogP contribution >= 0.6 is 0 Å². The van der Waals surface area contributed by atoms with Crippen molar-refractivity contribution in [3.05, 3.63) is 54.1 Å². The first-order valence-corrected chi connectivity index (χ1v) is 7.09. The molecule has 0 bridgehead atoms. The molecule has 0 fully saturated rings. The minimum absolute atomic E-state index is 0.350. The van der Waals surface area contributed by atoms with Crippen LogP contribution in [0.15, 0.2) is 48.5 Å². The van der Waals surface area contributed by atoms with Gasteiger partial charge in [0.15, 0.2) is 6.10 Å². The van der Waals surface area contributed by atoms with Crippen molar-refractivity contribution >= 4 is 22.9 Å². The van der Waals surface area contributed by atoms with Crippen molar-refractivity contribution in [2.45, 2.75) is 13.0 Å². The summed E-state index contributed by atoms with van der Waals surface area (Å²) in [5, 5.41) is 11.7. The second-order valence-corrected chi connectivity index (χ2v) is 4.96. The van der Waals surface area contributed by atoms with E-state index in [9.17, 15) is 4.79 Å². The topological polar surface area (TPSA) is 90.8 Å². The zero-order valence-electron chi connectivity index (χ0n) is 12.4. The van der Waals surface area contributed by atoms with Gasteiger partial charge in [0.2, 0.25) is 5.95 Å². The zero-order valence-corrected chi connectivity index (χ0v) is 12.4. The zero-order chi connectivity index (χ0) is 16.2. The van der Waals surface area contributed by atoms with Crippen LogP contribution in [0, 0.1) is 11.3 Å². The summed E-state index contributed by atoms with van der Waals surface area (Å²) in [5.74, 6) is 0.388. The third-order valence-electron chi connectivity index (χ3n) is 3.31. The van der Waals surface area contributed by atoms with Gasteiger partial charge in [-0.25, -0.2) is 4.98 Å². The van der Waals surface area contributed by atoms with Crippen LogP contribution in [-0.2, 0) is 4.79 Å². The van der Waals surface area contributed by atoms with E-state index in [0.29, 0.717) is 17.3 Å². The van der Waals surface area contributed by atoms with Crippen molar-refractivity contribution in [3.63, 3.8) is 0 Å². The summed E-state index contributed by atoms with van der Waals surface area (Å²) in [6, 6.07) is 16.3. The number of carbonyl (C=O) groups excluding carboxylic acids is 1. The van der Waals surface area contributed by atoms with Crippen molar-refractivity contribution in [2.75, 3.05) is 5.32 Å². The van der Waals surface area contributed by atoms with Gasteiger partial charge in [0.1, 0.15) is 11.8 Å². The number of nitrogens with one attached hydrogen (secondary N) is 2. The fraction of sp³-hybridized carbons (Fsp3) is 0.118. The molecule has 3 rings (SSSR count). The highest BCUT2D eigenvalue weighted by Crippen LogP contribution is 2.19. The molecule has 2 N–H and O–H groups in total. The number of fused-ring (bicyclic) bond motifs is 1. The number of benzene rings is 2. The predicted molar refractivity (Wildman–Crippen MR) is 86.0 cm³/mol. The summed E-state index contributed by atoms with van der Waals surface area (Å²) in [6.45, 7) is 1.62. The van der Waals surface area contributed by atoms with Crippen LogP contribution in [0.1, 0.15) is 12.5 Å². The van der Waals surface area contributed by atoms with Crippen LogP contribution in [0.2, 0.25) is 0 Å². The first-order chi connectivity index (χ1) is 11.2. The average Bonchev–Trinajstić information content (AvgIpc) is 2.97. The Hall–Kier alpha value is -3.33. The van der Waals surface area contributed by atoms with Crippen molar-refractivity contribution in [1.82, 2.24) is 9.97 Å². The summed E-state index contributed by atoms with van der Waals surface area (Å²) in [5.41, 5.74) is 1.99. The largest absolute Gasteiger partial charge is 0.480 e. The van der Waals surface area contributed by atoms with Gasteiger partial charge in [0.25, 0.3) is 5.91 Å². The Balaban J connectivity index is 1.71. The summed E-state index contributed by atoms with van der Waals surface area (Å²) < 4.78 is 5.57. The number of imidazole rings is 1. The van der Waals surface area contributed by atoms with Gasteiger partial charge in [-0.2, -0.15) is 5.26 Å². The maximum atomic E-state index is 12.2. The normalized spacial score (nSPS) is 11.7. The number of aromatic nitrogens is 2. The molecule has 0 aliphatic heterocycles. The van der Waals surface area contributed by atoms with E-state index in [1.54, 1.807) is 31.2 Å². The summed E-state index contributed by atoms with van der Waals surface area (Å²) >= 11 is 0. The Kier molecular flexibility index (Phi) is 3.93. The van der Waals surface area contributed by atoms with Crippen molar-refractivity contribution in [1.29, 1.82) is 5.26 Å². The average molecular weight is 306 g/mol. The molecule has 0 radical (unpaired) electrons. The van der Waals surface area contributed by atoms with Crippen molar-refractivity contribution in [2.24, 2.45) is 0 Å². The molecule has 0 spiro atoms. The molecule has 1 amide bonds. The Morgan fingerprint density at radius 2 is 2.00 bits per heavy atom.